The van der Waals surface area contributed by atoms with Gasteiger partial charge in [0.25, 0.3) is 5.91 Å². The maximum absolute atomic E-state index is 12.0. The van der Waals surface area contributed by atoms with Crippen molar-refractivity contribution in [3.8, 4) is 0 Å². The lowest BCUT2D eigenvalue weighted by Gasteiger charge is -2.10. The number of carbonyl (C=O) groups excluding carboxylic acids is 1. The molecular formula is C11H9NO3S3. The van der Waals surface area contributed by atoms with Gasteiger partial charge in [-0.05, 0) is 30.0 Å². The first-order valence-corrected chi connectivity index (χ1v) is 7.10. The van der Waals surface area contributed by atoms with Crippen LogP contribution >= 0.6 is 35.3 Å². The third-order valence-electron chi connectivity index (χ3n) is 2.33. The van der Waals surface area contributed by atoms with E-state index in [4.69, 9.17) is 17.3 Å². The Hall–Kier alpha value is -1.18. The average molecular weight is 299 g/mol. The molecular weight excluding hydrogens is 290 g/mol. The molecule has 94 valence electrons. The number of carboxylic acid groups (broad SMARTS) is 1. The number of thioether (sulfide) groups is 1. The van der Waals surface area contributed by atoms with Crippen molar-refractivity contribution in [2.24, 2.45) is 0 Å². The molecule has 0 spiro atoms. The molecule has 1 aromatic rings. The molecule has 0 radical (unpaired) electrons. The minimum atomic E-state index is -1.07. The van der Waals surface area contributed by atoms with Gasteiger partial charge in [0.15, 0.2) is 0 Å². The quantitative estimate of drug-likeness (QED) is 0.686. The highest BCUT2D eigenvalue weighted by atomic mass is 32.2. The third-order valence-corrected chi connectivity index (χ3v) is 4.67. The van der Waals surface area contributed by atoms with Gasteiger partial charge in [0.05, 0.1) is 4.91 Å². The van der Waals surface area contributed by atoms with Crippen LogP contribution in [0.1, 0.15) is 10.4 Å². The van der Waals surface area contributed by atoms with Crippen LogP contribution in [-0.2, 0) is 9.59 Å². The smallest absolute Gasteiger partial charge is 0.323 e. The SMILES string of the molecule is Cc1ccsc1C=C1SC(=S)N(CC(=O)O)C1=O. The number of amides is 1. The van der Waals surface area contributed by atoms with Crippen LogP contribution < -0.4 is 0 Å². The molecule has 1 N–H and O–H groups in total. The fraction of sp³-hybridized carbons (Fsp3) is 0.182. The van der Waals surface area contributed by atoms with E-state index in [9.17, 15) is 9.59 Å². The second-order valence-electron chi connectivity index (χ2n) is 3.63. The van der Waals surface area contributed by atoms with Gasteiger partial charge in [-0.2, -0.15) is 0 Å². The topological polar surface area (TPSA) is 57.6 Å². The molecule has 18 heavy (non-hydrogen) atoms. The summed E-state index contributed by atoms with van der Waals surface area (Å²) in [4.78, 5) is 25.2. The number of thiocarbonyl (C=S) groups is 1. The fourth-order valence-corrected chi connectivity index (χ4v) is 3.59. The van der Waals surface area contributed by atoms with E-state index in [1.165, 1.54) is 11.3 Å². The Kier molecular flexibility index (Phi) is 3.84. The lowest BCUT2D eigenvalue weighted by atomic mass is 10.2. The molecule has 1 saturated heterocycles. The van der Waals surface area contributed by atoms with E-state index in [-0.39, 0.29) is 12.5 Å². The number of aliphatic carboxylic acids is 1. The standard InChI is InChI=1S/C11H9NO3S3/c1-6-2-3-17-7(6)4-8-10(15)12(5-9(13)14)11(16)18-8/h2-4H,5H2,1H3,(H,13,14). The number of thiophene rings is 1. The first kappa shape index (κ1) is 13.3. The lowest BCUT2D eigenvalue weighted by Crippen LogP contribution is -2.33. The number of rotatable bonds is 3. The van der Waals surface area contributed by atoms with Crippen LogP contribution in [0.3, 0.4) is 0 Å². The summed E-state index contributed by atoms with van der Waals surface area (Å²) >= 11 is 7.69. The van der Waals surface area contributed by atoms with E-state index in [0.717, 1.165) is 27.1 Å². The summed E-state index contributed by atoms with van der Waals surface area (Å²) in [6.07, 6.45) is 1.77. The maximum Gasteiger partial charge on any atom is 0.323 e. The molecule has 0 unspecified atom stereocenters. The van der Waals surface area contributed by atoms with Gasteiger partial charge < -0.3 is 5.11 Å². The summed E-state index contributed by atoms with van der Waals surface area (Å²) in [6, 6.07) is 1.97. The first-order chi connectivity index (χ1) is 8.49. The number of hydrogen-bond acceptors (Lipinski definition) is 5. The van der Waals surface area contributed by atoms with Gasteiger partial charge in [0.1, 0.15) is 10.9 Å². The predicted molar refractivity (Wildman–Crippen MR) is 76.6 cm³/mol. The number of hydrogen-bond donors (Lipinski definition) is 1. The van der Waals surface area contributed by atoms with Gasteiger partial charge in [-0.25, -0.2) is 0 Å². The number of nitrogens with zero attached hydrogens (tertiary/aromatic N) is 1. The van der Waals surface area contributed by atoms with E-state index < -0.39 is 5.97 Å². The van der Waals surface area contributed by atoms with Crippen LogP contribution in [0.5, 0.6) is 0 Å². The van der Waals surface area contributed by atoms with Crippen molar-refractivity contribution in [2.75, 3.05) is 6.54 Å². The van der Waals surface area contributed by atoms with Gasteiger partial charge in [-0.3, -0.25) is 14.5 Å². The van der Waals surface area contributed by atoms with Crippen LogP contribution in [0.2, 0.25) is 0 Å². The van der Waals surface area contributed by atoms with Crippen LogP contribution in [0.15, 0.2) is 16.4 Å². The van der Waals surface area contributed by atoms with Crippen molar-refractivity contribution >= 4 is 57.6 Å². The molecule has 2 heterocycles. The number of carbonyl (C=O) groups is 2. The molecule has 0 bridgehead atoms. The molecule has 1 aliphatic heterocycles. The Morgan fingerprint density at radius 1 is 1.61 bits per heavy atom. The lowest BCUT2D eigenvalue weighted by molar-refractivity contribution is -0.140. The molecule has 7 heteroatoms. The van der Waals surface area contributed by atoms with Crippen molar-refractivity contribution in [2.45, 2.75) is 6.92 Å². The Labute approximate surface area is 117 Å². The third kappa shape index (κ3) is 2.63. The Morgan fingerprint density at radius 3 is 2.89 bits per heavy atom. The second kappa shape index (κ2) is 5.21. The molecule has 0 saturated carbocycles. The van der Waals surface area contributed by atoms with Gasteiger partial charge in [0.2, 0.25) is 0 Å². The Morgan fingerprint density at radius 2 is 2.33 bits per heavy atom. The summed E-state index contributed by atoms with van der Waals surface area (Å²) < 4.78 is 0.294. The highest BCUT2D eigenvalue weighted by molar-refractivity contribution is 8.26. The second-order valence-corrected chi connectivity index (χ2v) is 6.25. The predicted octanol–water partition coefficient (Wildman–Crippen LogP) is 2.34. The number of carboxylic acids is 1. The summed E-state index contributed by atoms with van der Waals surface area (Å²) in [5, 5.41) is 10.7. The van der Waals surface area contributed by atoms with E-state index in [1.54, 1.807) is 6.08 Å². The van der Waals surface area contributed by atoms with Gasteiger partial charge in [-0.15, -0.1) is 11.3 Å². The Balaban J connectivity index is 2.25. The summed E-state index contributed by atoms with van der Waals surface area (Å²) in [5.41, 5.74) is 1.09. The van der Waals surface area contributed by atoms with Crippen LogP contribution in [-0.4, -0.2) is 32.7 Å². The van der Waals surface area contributed by atoms with Gasteiger partial charge in [-0.1, -0.05) is 24.0 Å². The molecule has 1 amide bonds. The van der Waals surface area contributed by atoms with Crippen molar-refractivity contribution in [1.29, 1.82) is 0 Å². The number of aryl methyl sites for hydroxylation is 1. The van der Waals surface area contributed by atoms with Crippen molar-refractivity contribution in [3.05, 3.63) is 26.8 Å². The van der Waals surface area contributed by atoms with E-state index in [0.29, 0.717) is 9.23 Å². The van der Waals surface area contributed by atoms with Crippen LogP contribution in [0.25, 0.3) is 6.08 Å². The molecule has 0 aliphatic carbocycles. The summed E-state index contributed by atoms with van der Waals surface area (Å²) in [7, 11) is 0. The summed E-state index contributed by atoms with van der Waals surface area (Å²) in [5.74, 6) is -1.40. The largest absolute Gasteiger partial charge is 0.480 e. The molecule has 0 aromatic carbocycles. The average Bonchev–Trinajstić information content (AvgIpc) is 2.79. The molecule has 1 aliphatic rings. The zero-order chi connectivity index (χ0) is 13.3. The Bertz CT molecular complexity index is 562. The van der Waals surface area contributed by atoms with E-state index in [1.807, 2.05) is 18.4 Å². The molecule has 1 fully saturated rings. The zero-order valence-corrected chi connectivity index (χ0v) is 11.8. The minimum Gasteiger partial charge on any atom is -0.480 e. The first-order valence-electron chi connectivity index (χ1n) is 5.00. The van der Waals surface area contributed by atoms with Gasteiger partial charge in [0, 0.05) is 4.88 Å². The molecule has 4 nitrogen and oxygen atoms in total. The molecule has 1 aromatic heterocycles. The normalized spacial score (nSPS) is 17.8. The van der Waals surface area contributed by atoms with Crippen molar-refractivity contribution in [3.63, 3.8) is 0 Å². The monoisotopic (exact) mass is 299 g/mol. The molecule has 2 rings (SSSR count). The fourth-order valence-electron chi connectivity index (χ4n) is 1.42. The van der Waals surface area contributed by atoms with Crippen LogP contribution in [0, 0.1) is 6.92 Å². The van der Waals surface area contributed by atoms with Gasteiger partial charge >= 0.3 is 5.97 Å². The maximum atomic E-state index is 12.0. The van der Waals surface area contributed by atoms with Crippen LogP contribution in [0.4, 0.5) is 0 Å². The highest BCUT2D eigenvalue weighted by Crippen LogP contribution is 2.33. The molecule has 0 atom stereocenters. The zero-order valence-electron chi connectivity index (χ0n) is 9.37. The van der Waals surface area contributed by atoms with Crippen molar-refractivity contribution in [1.82, 2.24) is 4.90 Å². The van der Waals surface area contributed by atoms with Crippen molar-refractivity contribution < 1.29 is 14.7 Å². The minimum absolute atomic E-state index is 0.294. The summed E-state index contributed by atoms with van der Waals surface area (Å²) in [6.45, 7) is 1.58. The van der Waals surface area contributed by atoms with E-state index >= 15 is 0 Å². The van der Waals surface area contributed by atoms with E-state index in [2.05, 4.69) is 0 Å². The highest BCUT2D eigenvalue weighted by Gasteiger charge is 2.33.